The van der Waals surface area contributed by atoms with Crippen molar-refractivity contribution in [3.63, 3.8) is 0 Å². The normalized spacial score (nSPS) is 10.7. The molecule has 5 nitrogen and oxygen atoms in total. The number of hydrogen-bond donors (Lipinski definition) is 2. The first-order chi connectivity index (χ1) is 8.17. The Morgan fingerprint density at radius 3 is 2.82 bits per heavy atom. The summed E-state index contributed by atoms with van der Waals surface area (Å²) in [6.45, 7) is 0.445. The highest BCUT2D eigenvalue weighted by Crippen LogP contribution is 2.26. The predicted octanol–water partition coefficient (Wildman–Crippen LogP) is 1.68. The number of methoxy groups -OCH3 is 2. The summed E-state index contributed by atoms with van der Waals surface area (Å²) >= 11 is 0. The minimum absolute atomic E-state index is 0.392. The van der Waals surface area contributed by atoms with Crippen LogP contribution in [0.2, 0.25) is 0 Å². The van der Waals surface area contributed by atoms with E-state index in [1.165, 1.54) is 7.11 Å². The molecule has 17 heavy (non-hydrogen) atoms. The van der Waals surface area contributed by atoms with E-state index in [2.05, 4.69) is 9.72 Å². The molecule has 0 aliphatic rings. The van der Waals surface area contributed by atoms with Gasteiger partial charge in [0.15, 0.2) is 0 Å². The number of rotatable bonds is 3. The molecule has 0 radical (unpaired) electrons. The molecule has 1 aromatic heterocycles. The second-order valence-electron chi connectivity index (χ2n) is 3.71. The maximum absolute atomic E-state index is 11.4. The van der Waals surface area contributed by atoms with Crippen LogP contribution in [0.1, 0.15) is 16.1 Å². The first-order valence-corrected chi connectivity index (χ1v) is 5.14. The van der Waals surface area contributed by atoms with Crippen LogP contribution in [0.15, 0.2) is 18.2 Å². The van der Waals surface area contributed by atoms with Gasteiger partial charge in [-0.25, -0.2) is 4.79 Å². The summed E-state index contributed by atoms with van der Waals surface area (Å²) in [4.78, 5) is 14.3. The zero-order valence-corrected chi connectivity index (χ0v) is 9.74. The zero-order chi connectivity index (χ0) is 12.4. The van der Waals surface area contributed by atoms with Crippen molar-refractivity contribution in [1.29, 1.82) is 0 Å². The van der Waals surface area contributed by atoms with E-state index in [9.17, 15) is 4.79 Å². The molecule has 2 rings (SSSR count). The predicted molar refractivity (Wildman–Crippen MR) is 64.8 cm³/mol. The molecule has 5 heteroatoms. The van der Waals surface area contributed by atoms with Gasteiger partial charge in [-0.05, 0) is 12.1 Å². The molecule has 90 valence electrons. The molecule has 0 saturated carbocycles. The molecule has 0 spiro atoms. The number of fused-ring (bicyclic) bond motifs is 1. The number of benzene rings is 1. The Morgan fingerprint density at radius 2 is 2.18 bits per heavy atom. The molecule has 0 bridgehead atoms. The largest absolute Gasteiger partial charge is 0.464 e. The van der Waals surface area contributed by atoms with Crippen molar-refractivity contribution in [1.82, 2.24) is 4.98 Å². The summed E-state index contributed by atoms with van der Waals surface area (Å²) in [6.07, 6.45) is 0. The van der Waals surface area contributed by atoms with Crippen molar-refractivity contribution in [2.45, 2.75) is 6.61 Å². The van der Waals surface area contributed by atoms with Gasteiger partial charge in [0.2, 0.25) is 0 Å². The molecular weight excluding hydrogens is 220 g/mol. The van der Waals surface area contributed by atoms with Gasteiger partial charge in [0.1, 0.15) is 5.69 Å². The fourth-order valence-corrected chi connectivity index (χ4v) is 1.77. The van der Waals surface area contributed by atoms with E-state index in [1.54, 1.807) is 13.2 Å². The van der Waals surface area contributed by atoms with Crippen molar-refractivity contribution < 1.29 is 14.3 Å². The number of nitrogen functional groups attached to an aromatic ring is 1. The SMILES string of the molecule is COCc1ccc2[nH]c(C(=O)OC)cc2c1N. The fourth-order valence-electron chi connectivity index (χ4n) is 1.77. The standard InChI is InChI=1S/C12H14N2O3/c1-16-6-7-3-4-9-8(11(7)13)5-10(14-9)12(15)17-2/h3-5,14H,6,13H2,1-2H3. The summed E-state index contributed by atoms with van der Waals surface area (Å²) in [5.74, 6) is -0.408. The van der Waals surface area contributed by atoms with E-state index in [0.29, 0.717) is 18.0 Å². The number of carbonyl (C=O) groups excluding carboxylic acids is 1. The van der Waals surface area contributed by atoms with Crippen LogP contribution in [0.5, 0.6) is 0 Å². The Bertz CT molecular complexity index is 560. The van der Waals surface area contributed by atoms with Crippen LogP contribution in [-0.4, -0.2) is 25.2 Å². The number of nitrogens with two attached hydrogens (primary N) is 1. The maximum atomic E-state index is 11.4. The lowest BCUT2D eigenvalue weighted by Gasteiger charge is -2.04. The van der Waals surface area contributed by atoms with Gasteiger partial charge in [0.05, 0.1) is 13.7 Å². The van der Waals surface area contributed by atoms with Crippen molar-refractivity contribution in [3.05, 3.63) is 29.5 Å². The molecule has 0 aliphatic heterocycles. The smallest absolute Gasteiger partial charge is 0.354 e. The third-order valence-electron chi connectivity index (χ3n) is 2.64. The molecule has 0 fully saturated rings. The molecular formula is C12H14N2O3. The monoisotopic (exact) mass is 234 g/mol. The number of ether oxygens (including phenoxy) is 2. The number of aromatic amines is 1. The van der Waals surface area contributed by atoms with E-state index in [0.717, 1.165) is 16.5 Å². The number of H-pyrrole nitrogens is 1. The lowest BCUT2D eigenvalue weighted by atomic mass is 10.1. The lowest BCUT2D eigenvalue weighted by molar-refractivity contribution is 0.0595. The third-order valence-corrected chi connectivity index (χ3v) is 2.64. The van der Waals surface area contributed by atoms with E-state index >= 15 is 0 Å². The average molecular weight is 234 g/mol. The molecule has 1 aromatic carbocycles. The topological polar surface area (TPSA) is 77.3 Å². The molecule has 0 aliphatic carbocycles. The van der Waals surface area contributed by atoms with E-state index in [4.69, 9.17) is 10.5 Å². The molecule has 0 saturated heterocycles. The fraction of sp³-hybridized carbons (Fsp3) is 0.250. The molecule has 0 atom stereocenters. The van der Waals surface area contributed by atoms with Crippen LogP contribution in [-0.2, 0) is 16.1 Å². The Kier molecular flexibility index (Phi) is 3.01. The number of esters is 1. The van der Waals surface area contributed by atoms with Crippen LogP contribution >= 0.6 is 0 Å². The van der Waals surface area contributed by atoms with Gasteiger partial charge in [0.25, 0.3) is 0 Å². The molecule has 1 heterocycles. The second kappa shape index (κ2) is 4.47. The quantitative estimate of drug-likeness (QED) is 0.625. The van der Waals surface area contributed by atoms with Gasteiger partial charge in [-0.3, -0.25) is 0 Å². The highest BCUT2D eigenvalue weighted by molar-refractivity contribution is 6.00. The number of aromatic nitrogens is 1. The van der Waals surface area contributed by atoms with Crippen molar-refractivity contribution >= 4 is 22.6 Å². The van der Waals surface area contributed by atoms with Gasteiger partial charge >= 0.3 is 5.97 Å². The zero-order valence-electron chi connectivity index (χ0n) is 9.74. The Labute approximate surface area is 98.5 Å². The van der Waals surface area contributed by atoms with Gasteiger partial charge < -0.3 is 20.2 Å². The first kappa shape index (κ1) is 11.5. The first-order valence-electron chi connectivity index (χ1n) is 5.14. The second-order valence-corrected chi connectivity index (χ2v) is 3.71. The lowest BCUT2D eigenvalue weighted by Crippen LogP contribution is -2.00. The summed E-state index contributed by atoms with van der Waals surface area (Å²) < 4.78 is 9.70. The van der Waals surface area contributed by atoms with E-state index < -0.39 is 5.97 Å². The minimum Gasteiger partial charge on any atom is -0.464 e. The number of nitrogens with one attached hydrogen (secondary N) is 1. The van der Waals surface area contributed by atoms with Crippen LogP contribution in [0.25, 0.3) is 10.9 Å². The summed E-state index contributed by atoms with van der Waals surface area (Å²) in [6, 6.07) is 5.43. The van der Waals surface area contributed by atoms with E-state index in [1.807, 2.05) is 12.1 Å². The third kappa shape index (κ3) is 1.97. The highest BCUT2D eigenvalue weighted by atomic mass is 16.5. The summed E-state index contributed by atoms with van der Waals surface area (Å²) in [5, 5.41) is 0.806. The summed E-state index contributed by atoms with van der Waals surface area (Å²) in [5.41, 5.74) is 8.73. The van der Waals surface area contributed by atoms with Crippen LogP contribution in [0.3, 0.4) is 0 Å². The Morgan fingerprint density at radius 1 is 1.41 bits per heavy atom. The maximum Gasteiger partial charge on any atom is 0.354 e. The minimum atomic E-state index is -0.408. The van der Waals surface area contributed by atoms with E-state index in [-0.39, 0.29) is 0 Å². The number of anilines is 1. The molecule has 3 N–H and O–H groups in total. The average Bonchev–Trinajstić information content (AvgIpc) is 2.77. The van der Waals surface area contributed by atoms with Crippen LogP contribution in [0.4, 0.5) is 5.69 Å². The summed E-state index contributed by atoms with van der Waals surface area (Å²) in [7, 11) is 2.95. The van der Waals surface area contributed by atoms with Crippen molar-refractivity contribution in [3.8, 4) is 0 Å². The highest BCUT2D eigenvalue weighted by Gasteiger charge is 2.12. The molecule has 0 amide bonds. The van der Waals surface area contributed by atoms with Gasteiger partial charge in [-0.2, -0.15) is 0 Å². The van der Waals surface area contributed by atoms with Crippen molar-refractivity contribution in [2.24, 2.45) is 0 Å². The number of carbonyl (C=O) groups is 1. The van der Waals surface area contributed by atoms with Crippen molar-refractivity contribution in [2.75, 3.05) is 20.0 Å². The Hall–Kier alpha value is -2.01. The molecule has 0 unspecified atom stereocenters. The molecule has 2 aromatic rings. The Balaban J connectivity index is 2.53. The van der Waals surface area contributed by atoms with Crippen LogP contribution < -0.4 is 5.73 Å². The number of hydrogen-bond acceptors (Lipinski definition) is 4. The van der Waals surface area contributed by atoms with Crippen LogP contribution in [0, 0.1) is 0 Å². The van der Waals surface area contributed by atoms with Gasteiger partial charge in [-0.1, -0.05) is 6.07 Å². The van der Waals surface area contributed by atoms with Gasteiger partial charge in [0, 0.05) is 29.3 Å². The van der Waals surface area contributed by atoms with Gasteiger partial charge in [-0.15, -0.1) is 0 Å².